The summed E-state index contributed by atoms with van der Waals surface area (Å²) in [5, 5.41) is 6.71. The molecule has 0 aliphatic carbocycles. The lowest BCUT2D eigenvalue weighted by atomic mass is 9.74. The molecule has 2 aliphatic heterocycles. The van der Waals surface area contributed by atoms with E-state index in [1.165, 1.54) is 0 Å². The number of piperidine rings is 1. The van der Waals surface area contributed by atoms with Gasteiger partial charge < -0.3 is 19.1 Å². The van der Waals surface area contributed by atoms with E-state index >= 15 is 0 Å². The monoisotopic (exact) mass is 560 g/mol. The van der Waals surface area contributed by atoms with Gasteiger partial charge in [0.1, 0.15) is 12.4 Å². The molecule has 1 aromatic carbocycles. The lowest BCUT2D eigenvalue weighted by molar-refractivity contribution is -0.163. The number of hydrogen-bond acceptors (Lipinski definition) is 5. The maximum Gasteiger partial charge on any atom is 0.254 e. The van der Waals surface area contributed by atoms with E-state index in [0.29, 0.717) is 35.4 Å². The van der Waals surface area contributed by atoms with Crippen molar-refractivity contribution in [2.24, 2.45) is 11.1 Å². The van der Waals surface area contributed by atoms with Gasteiger partial charge in [0.15, 0.2) is 11.9 Å². The highest BCUT2D eigenvalue weighted by Gasteiger charge is 2.43. The Morgan fingerprint density at radius 3 is 2.61 bits per heavy atom. The molecule has 36 heavy (non-hydrogen) atoms. The Morgan fingerprint density at radius 1 is 1.39 bits per heavy atom. The van der Waals surface area contributed by atoms with Crippen LogP contribution in [-0.4, -0.2) is 57.5 Å². The Balaban J connectivity index is 1.89. The number of amides is 1. The molecule has 2 fully saturated rings. The van der Waals surface area contributed by atoms with Crippen molar-refractivity contribution in [3.63, 3.8) is 0 Å². The number of nitrogens with zero attached hydrogens (tertiary/aromatic N) is 1. The molecule has 2 aliphatic rings. The summed E-state index contributed by atoms with van der Waals surface area (Å²) in [5.74, 6) is -0.0699. The third kappa shape index (κ3) is 6.83. The molecule has 0 bridgehead atoms. The van der Waals surface area contributed by atoms with Gasteiger partial charge in [-0.05, 0) is 77.3 Å². The summed E-state index contributed by atoms with van der Waals surface area (Å²) in [7, 11) is -1.54. The average molecular weight is 562 g/mol. The first kappa shape index (κ1) is 29.4. The average Bonchev–Trinajstić information content (AvgIpc) is 3.17. The number of hydrogen-bond donors (Lipinski definition) is 1. The van der Waals surface area contributed by atoms with E-state index < -0.39 is 27.6 Å². The van der Waals surface area contributed by atoms with Crippen LogP contribution in [0.4, 0.5) is 0 Å². The standard InChI is InChI=1S/C26H38Cl2N2O5S/c1-7-10-33-22-13-21(28)20(27)12-18(22)19(14-25(3,4)36(29)32)17-8-9-30(16(2)11-17)24(31)23-15-34-26(5,6)35-23/h7,12-13,16-17,19,23H,1,8-11,14-15,29H2,2-6H3/t16?,17?,19-,23-,36?/m1/s1. The maximum absolute atomic E-state index is 13.2. The molecule has 0 radical (unpaired) electrons. The number of nitrogens with two attached hydrogens (primary N) is 1. The van der Waals surface area contributed by atoms with E-state index in [2.05, 4.69) is 13.5 Å². The Morgan fingerprint density at radius 2 is 2.06 bits per heavy atom. The van der Waals surface area contributed by atoms with Gasteiger partial charge in [-0.2, -0.15) is 0 Å². The highest BCUT2D eigenvalue weighted by Crippen LogP contribution is 2.46. The molecule has 1 amide bonds. The van der Waals surface area contributed by atoms with Crippen molar-refractivity contribution < 1.29 is 23.2 Å². The van der Waals surface area contributed by atoms with E-state index in [0.717, 1.165) is 18.4 Å². The molecule has 0 spiro atoms. The predicted octanol–water partition coefficient (Wildman–Crippen LogP) is 5.21. The summed E-state index contributed by atoms with van der Waals surface area (Å²) in [6.45, 7) is 14.4. The Kier molecular flexibility index (Phi) is 9.56. The van der Waals surface area contributed by atoms with Crippen LogP contribution in [0.3, 0.4) is 0 Å². The number of ether oxygens (including phenoxy) is 3. The molecule has 3 rings (SSSR count). The van der Waals surface area contributed by atoms with Crippen molar-refractivity contribution in [1.29, 1.82) is 0 Å². The Labute approximate surface area is 227 Å². The maximum atomic E-state index is 13.2. The van der Waals surface area contributed by atoms with Gasteiger partial charge in [0, 0.05) is 18.7 Å². The molecule has 3 unspecified atom stereocenters. The third-order valence-electron chi connectivity index (χ3n) is 7.12. The van der Waals surface area contributed by atoms with Crippen LogP contribution >= 0.6 is 23.2 Å². The second kappa shape index (κ2) is 11.7. The lowest BCUT2D eigenvalue weighted by Gasteiger charge is -2.43. The van der Waals surface area contributed by atoms with Crippen molar-refractivity contribution in [1.82, 2.24) is 4.90 Å². The summed E-state index contributed by atoms with van der Waals surface area (Å²) in [6.07, 6.45) is 3.14. The normalized spacial score (nSPS) is 25.9. The molecule has 2 heterocycles. The zero-order valence-electron chi connectivity index (χ0n) is 21.7. The van der Waals surface area contributed by atoms with Crippen molar-refractivity contribution in [2.75, 3.05) is 19.8 Å². The van der Waals surface area contributed by atoms with Gasteiger partial charge in [-0.3, -0.25) is 9.93 Å². The second-order valence-corrected chi connectivity index (χ2v) is 13.3. The Bertz CT molecular complexity index is 1000. The van der Waals surface area contributed by atoms with Crippen LogP contribution in [0.5, 0.6) is 5.75 Å². The summed E-state index contributed by atoms with van der Waals surface area (Å²) in [5.41, 5.74) is 0.899. The van der Waals surface area contributed by atoms with Gasteiger partial charge in [0.05, 0.1) is 32.4 Å². The van der Waals surface area contributed by atoms with E-state index in [4.69, 9.17) is 42.6 Å². The molecule has 1 aromatic rings. The molecule has 2 saturated heterocycles. The van der Waals surface area contributed by atoms with E-state index in [1.54, 1.807) is 12.1 Å². The number of halogens is 2. The van der Waals surface area contributed by atoms with Crippen molar-refractivity contribution >= 4 is 40.1 Å². The van der Waals surface area contributed by atoms with E-state index in [-0.39, 0.29) is 30.4 Å². The van der Waals surface area contributed by atoms with Crippen LogP contribution in [-0.2, 0) is 25.3 Å². The number of rotatable bonds is 9. The first-order chi connectivity index (χ1) is 16.8. The van der Waals surface area contributed by atoms with Crippen LogP contribution in [0.15, 0.2) is 24.8 Å². The molecule has 202 valence electrons. The van der Waals surface area contributed by atoms with Gasteiger partial charge in [-0.1, -0.05) is 35.9 Å². The van der Waals surface area contributed by atoms with Gasteiger partial charge in [0.2, 0.25) is 0 Å². The van der Waals surface area contributed by atoms with Crippen LogP contribution in [0, 0.1) is 5.92 Å². The fourth-order valence-corrected chi connectivity index (χ4v) is 5.81. The number of likely N-dealkylation sites (tertiary alicyclic amines) is 1. The Hall–Kier alpha value is -1.16. The van der Waals surface area contributed by atoms with Gasteiger partial charge in [0.25, 0.3) is 5.91 Å². The highest BCUT2D eigenvalue weighted by molar-refractivity contribution is 7.84. The quantitative estimate of drug-likeness (QED) is 0.418. The summed E-state index contributed by atoms with van der Waals surface area (Å²) < 4.78 is 29.2. The van der Waals surface area contributed by atoms with Crippen molar-refractivity contribution in [3.8, 4) is 5.75 Å². The third-order valence-corrected chi connectivity index (χ3v) is 9.10. The van der Waals surface area contributed by atoms with Crippen LogP contribution < -0.4 is 9.88 Å². The van der Waals surface area contributed by atoms with Gasteiger partial charge in [-0.15, -0.1) is 0 Å². The van der Waals surface area contributed by atoms with Crippen molar-refractivity contribution in [2.45, 2.75) is 82.5 Å². The summed E-state index contributed by atoms with van der Waals surface area (Å²) in [6, 6.07) is 3.55. The molecule has 0 aromatic heterocycles. The molecule has 5 atom stereocenters. The SMILES string of the molecule is C=CCOc1cc(Cl)c(Cl)cc1[C@H](CC(C)(C)S(N)=O)C1CCN(C(=O)[C@H]2COC(C)(C)O2)C(C)C1. The van der Waals surface area contributed by atoms with Crippen LogP contribution in [0.1, 0.15) is 65.4 Å². The molecular formula is C26H38Cl2N2O5S. The fourth-order valence-electron chi connectivity index (χ4n) is 5.14. The lowest BCUT2D eigenvalue weighted by Crippen LogP contribution is -2.50. The number of carbonyl (C=O) groups excluding carboxylic acids is 1. The minimum absolute atomic E-state index is 0.0159. The summed E-state index contributed by atoms with van der Waals surface area (Å²) in [4.78, 5) is 15.1. The molecule has 7 nitrogen and oxygen atoms in total. The zero-order chi connectivity index (χ0) is 26.8. The molecule has 10 heteroatoms. The minimum Gasteiger partial charge on any atom is -0.489 e. The molecule has 0 saturated carbocycles. The van der Waals surface area contributed by atoms with Gasteiger partial charge >= 0.3 is 0 Å². The fraction of sp³-hybridized carbons (Fsp3) is 0.654. The first-order valence-electron chi connectivity index (χ1n) is 12.3. The smallest absolute Gasteiger partial charge is 0.254 e. The van der Waals surface area contributed by atoms with Gasteiger partial charge in [-0.25, -0.2) is 4.21 Å². The predicted molar refractivity (Wildman–Crippen MR) is 145 cm³/mol. The van der Waals surface area contributed by atoms with E-state index in [1.807, 2.05) is 38.7 Å². The number of carbonyl (C=O) groups is 1. The molecular weight excluding hydrogens is 523 g/mol. The van der Waals surface area contributed by atoms with Crippen molar-refractivity contribution in [3.05, 3.63) is 40.4 Å². The summed E-state index contributed by atoms with van der Waals surface area (Å²) >= 11 is 12.8. The number of benzene rings is 1. The zero-order valence-corrected chi connectivity index (χ0v) is 24.0. The highest BCUT2D eigenvalue weighted by atomic mass is 35.5. The van der Waals surface area contributed by atoms with E-state index in [9.17, 15) is 9.00 Å². The second-order valence-electron chi connectivity index (χ2n) is 10.8. The largest absolute Gasteiger partial charge is 0.489 e. The first-order valence-corrected chi connectivity index (χ1v) is 14.2. The van der Waals surface area contributed by atoms with Crippen LogP contribution in [0.25, 0.3) is 0 Å². The topological polar surface area (TPSA) is 91.1 Å². The van der Waals surface area contributed by atoms with Crippen LogP contribution in [0.2, 0.25) is 10.0 Å². The minimum atomic E-state index is -1.54. The molecule has 2 N–H and O–H groups in total.